The highest BCUT2D eigenvalue weighted by Gasteiger charge is 2.30. The number of hydrogen-bond donors (Lipinski definition) is 1. The van der Waals surface area contributed by atoms with Gasteiger partial charge in [0.15, 0.2) is 0 Å². The molecule has 1 aliphatic heterocycles. The van der Waals surface area contributed by atoms with Crippen LogP contribution < -0.4 is 4.74 Å². The van der Waals surface area contributed by atoms with Gasteiger partial charge in [0.2, 0.25) is 0 Å². The van der Waals surface area contributed by atoms with E-state index in [0.717, 1.165) is 43.8 Å². The van der Waals surface area contributed by atoms with Gasteiger partial charge in [-0.3, -0.25) is 4.90 Å². The van der Waals surface area contributed by atoms with Crippen LogP contribution in [0, 0.1) is 5.41 Å². The van der Waals surface area contributed by atoms with Crippen molar-refractivity contribution < 1.29 is 9.84 Å². The van der Waals surface area contributed by atoms with Crippen LogP contribution in [-0.4, -0.2) is 36.8 Å². The molecule has 106 valence electrons. The molecule has 0 bridgehead atoms. The zero-order valence-electron chi connectivity index (χ0n) is 11.7. The Hall–Kier alpha value is -0.770. The number of aliphatic hydroxyl groups excluding tert-OH is 1. The summed E-state index contributed by atoms with van der Waals surface area (Å²) >= 11 is 5.98. The van der Waals surface area contributed by atoms with Crippen molar-refractivity contribution in [3.05, 3.63) is 28.8 Å². The lowest BCUT2D eigenvalue weighted by Gasteiger charge is -2.39. The number of benzene rings is 1. The van der Waals surface area contributed by atoms with Gasteiger partial charge in [0.25, 0.3) is 0 Å². The third-order valence-electron chi connectivity index (χ3n) is 3.88. The van der Waals surface area contributed by atoms with Gasteiger partial charge < -0.3 is 9.84 Å². The summed E-state index contributed by atoms with van der Waals surface area (Å²) in [5.41, 5.74) is 1.17. The van der Waals surface area contributed by atoms with Gasteiger partial charge in [0.05, 0.1) is 7.11 Å². The standard InChI is InChI=1S/C15H22ClNO2/c1-15(11-18)6-3-7-17(10-15)9-12-4-5-13(16)8-14(12)19-2/h4-5,8,18H,3,6-7,9-11H2,1-2H3. The summed E-state index contributed by atoms with van der Waals surface area (Å²) in [6.07, 6.45) is 2.23. The third kappa shape index (κ3) is 3.62. The van der Waals surface area contributed by atoms with Gasteiger partial charge in [-0.15, -0.1) is 0 Å². The van der Waals surface area contributed by atoms with Crippen molar-refractivity contribution in [3.63, 3.8) is 0 Å². The first-order valence-electron chi connectivity index (χ1n) is 6.72. The van der Waals surface area contributed by atoms with E-state index in [4.69, 9.17) is 16.3 Å². The fourth-order valence-electron chi connectivity index (χ4n) is 2.78. The molecule has 2 rings (SSSR count). The van der Waals surface area contributed by atoms with Crippen LogP contribution in [0.1, 0.15) is 25.3 Å². The zero-order valence-corrected chi connectivity index (χ0v) is 12.4. The van der Waals surface area contributed by atoms with Gasteiger partial charge in [0.1, 0.15) is 5.75 Å². The second-order valence-electron chi connectivity index (χ2n) is 5.74. The molecule has 0 saturated carbocycles. The highest BCUT2D eigenvalue weighted by atomic mass is 35.5. The molecule has 19 heavy (non-hydrogen) atoms. The lowest BCUT2D eigenvalue weighted by atomic mass is 9.82. The molecular weight excluding hydrogens is 262 g/mol. The molecule has 1 atom stereocenters. The summed E-state index contributed by atoms with van der Waals surface area (Å²) < 4.78 is 5.39. The lowest BCUT2D eigenvalue weighted by Crippen LogP contribution is -2.43. The fraction of sp³-hybridized carbons (Fsp3) is 0.600. The Labute approximate surface area is 120 Å². The van der Waals surface area contributed by atoms with Gasteiger partial charge >= 0.3 is 0 Å². The van der Waals surface area contributed by atoms with E-state index < -0.39 is 0 Å². The van der Waals surface area contributed by atoms with Crippen LogP contribution in [0.15, 0.2) is 18.2 Å². The summed E-state index contributed by atoms with van der Waals surface area (Å²) in [6.45, 7) is 5.24. The van der Waals surface area contributed by atoms with Crippen LogP contribution in [-0.2, 0) is 6.54 Å². The molecule has 4 heteroatoms. The number of rotatable bonds is 4. The topological polar surface area (TPSA) is 32.7 Å². The minimum Gasteiger partial charge on any atom is -0.496 e. The lowest BCUT2D eigenvalue weighted by molar-refractivity contribution is 0.0426. The Morgan fingerprint density at radius 1 is 1.47 bits per heavy atom. The number of methoxy groups -OCH3 is 1. The molecule has 1 fully saturated rings. The SMILES string of the molecule is COc1cc(Cl)ccc1CN1CCCC(C)(CO)C1. The van der Waals surface area contributed by atoms with Crippen LogP contribution >= 0.6 is 11.6 Å². The van der Waals surface area contributed by atoms with E-state index in [9.17, 15) is 5.11 Å². The first kappa shape index (κ1) is 14.6. The van der Waals surface area contributed by atoms with Crippen LogP contribution in [0.2, 0.25) is 5.02 Å². The number of hydrogen-bond acceptors (Lipinski definition) is 3. The minimum atomic E-state index is 0.0257. The molecule has 1 N–H and O–H groups in total. The van der Waals surface area contributed by atoms with Crippen LogP contribution in [0.25, 0.3) is 0 Å². The van der Waals surface area contributed by atoms with Gasteiger partial charge in [-0.25, -0.2) is 0 Å². The van der Waals surface area contributed by atoms with Crippen molar-refractivity contribution >= 4 is 11.6 Å². The van der Waals surface area contributed by atoms with E-state index in [1.807, 2.05) is 18.2 Å². The molecule has 1 aromatic carbocycles. The van der Waals surface area contributed by atoms with E-state index in [0.29, 0.717) is 5.02 Å². The average molecular weight is 284 g/mol. The van der Waals surface area contributed by atoms with Gasteiger partial charge in [-0.2, -0.15) is 0 Å². The molecule has 1 unspecified atom stereocenters. The molecule has 1 saturated heterocycles. The van der Waals surface area contributed by atoms with E-state index in [-0.39, 0.29) is 12.0 Å². The van der Waals surface area contributed by atoms with Crippen molar-refractivity contribution in [2.24, 2.45) is 5.41 Å². The normalized spacial score (nSPS) is 24.4. The Bertz CT molecular complexity index is 438. The van der Waals surface area contributed by atoms with Crippen LogP contribution in [0.3, 0.4) is 0 Å². The quantitative estimate of drug-likeness (QED) is 0.922. The zero-order chi connectivity index (χ0) is 13.9. The summed E-state index contributed by atoms with van der Waals surface area (Å²) in [6, 6.07) is 5.77. The maximum absolute atomic E-state index is 9.50. The van der Waals surface area contributed by atoms with E-state index in [1.165, 1.54) is 0 Å². The summed E-state index contributed by atoms with van der Waals surface area (Å²) in [7, 11) is 1.67. The maximum Gasteiger partial charge on any atom is 0.124 e. The Morgan fingerprint density at radius 2 is 2.26 bits per heavy atom. The van der Waals surface area contributed by atoms with Crippen molar-refractivity contribution in [3.8, 4) is 5.75 Å². The van der Waals surface area contributed by atoms with Crippen molar-refractivity contribution in [2.75, 3.05) is 26.8 Å². The van der Waals surface area contributed by atoms with Crippen LogP contribution in [0.4, 0.5) is 0 Å². The monoisotopic (exact) mass is 283 g/mol. The molecule has 0 radical (unpaired) electrons. The molecule has 0 aromatic heterocycles. The van der Waals surface area contributed by atoms with Crippen molar-refractivity contribution in [1.82, 2.24) is 4.90 Å². The molecule has 1 aliphatic rings. The number of aliphatic hydroxyl groups is 1. The highest BCUT2D eigenvalue weighted by molar-refractivity contribution is 6.30. The molecule has 0 spiro atoms. The molecular formula is C15H22ClNO2. The second kappa shape index (κ2) is 6.12. The largest absolute Gasteiger partial charge is 0.496 e. The first-order chi connectivity index (χ1) is 9.06. The number of piperidine rings is 1. The number of halogens is 1. The van der Waals surface area contributed by atoms with E-state index in [2.05, 4.69) is 11.8 Å². The predicted octanol–water partition coefficient (Wildman–Crippen LogP) is 2.94. The average Bonchev–Trinajstić information content (AvgIpc) is 2.41. The molecule has 0 amide bonds. The Balaban J connectivity index is 2.08. The maximum atomic E-state index is 9.50. The molecule has 1 heterocycles. The van der Waals surface area contributed by atoms with Crippen molar-refractivity contribution in [2.45, 2.75) is 26.3 Å². The summed E-state index contributed by atoms with van der Waals surface area (Å²) in [5, 5.41) is 10.2. The van der Waals surface area contributed by atoms with Gasteiger partial charge in [0, 0.05) is 35.7 Å². The van der Waals surface area contributed by atoms with E-state index >= 15 is 0 Å². The van der Waals surface area contributed by atoms with Gasteiger partial charge in [-0.1, -0.05) is 24.6 Å². The Morgan fingerprint density at radius 3 is 2.95 bits per heavy atom. The molecule has 3 nitrogen and oxygen atoms in total. The third-order valence-corrected chi connectivity index (χ3v) is 4.12. The minimum absolute atomic E-state index is 0.0257. The van der Waals surface area contributed by atoms with Crippen molar-refractivity contribution in [1.29, 1.82) is 0 Å². The first-order valence-corrected chi connectivity index (χ1v) is 7.10. The fourth-order valence-corrected chi connectivity index (χ4v) is 2.94. The number of nitrogens with zero attached hydrogens (tertiary/aromatic N) is 1. The number of ether oxygens (including phenoxy) is 1. The molecule has 0 aliphatic carbocycles. The van der Waals surface area contributed by atoms with Crippen LogP contribution in [0.5, 0.6) is 5.75 Å². The number of likely N-dealkylation sites (tertiary alicyclic amines) is 1. The highest BCUT2D eigenvalue weighted by Crippen LogP contribution is 2.31. The summed E-state index contributed by atoms with van der Waals surface area (Å²) in [5.74, 6) is 0.837. The smallest absolute Gasteiger partial charge is 0.124 e. The summed E-state index contributed by atoms with van der Waals surface area (Å²) in [4.78, 5) is 2.38. The second-order valence-corrected chi connectivity index (χ2v) is 6.18. The molecule has 1 aromatic rings. The predicted molar refractivity (Wildman–Crippen MR) is 77.7 cm³/mol. The van der Waals surface area contributed by atoms with E-state index in [1.54, 1.807) is 7.11 Å². The van der Waals surface area contributed by atoms with Gasteiger partial charge in [-0.05, 0) is 31.5 Å². The Kier molecular flexibility index (Phi) is 4.71.